The zero-order valence-electron chi connectivity index (χ0n) is 14.9. The topological polar surface area (TPSA) is 76.6 Å². The predicted octanol–water partition coefficient (Wildman–Crippen LogP) is 2.40. The van der Waals surface area contributed by atoms with Gasteiger partial charge in [-0.2, -0.15) is 0 Å². The van der Waals surface area contributed by atoms with Crippen LogP contribution in [0.4, 0.5) is 5.82 Å². The second-order valence-electron chi connectivity index (χ2n) is 6.63. The number of piperidine rings is 1. The molecule has 2 aliphatic heterocycles. The van der Waals surface area contributed by atoms with E-state index in [0.717, 1.165) is 37.3 Å². The number of benzene rings is 1. The number of halogens is 1. The Bertz CT molecular complexity index is 816. The van der Waals surface area contributed by atoms with E-state index in [4.69, 9.17) is 21.1 Å². The van der Waals surface area contributed by atoms with Gasteiger partial charge in [0, 0.05) is 43.6 Å². The molecule has 142 valence electrons. The van der Waals surface area contributed by atoms with Crippen molar-refractivity contribution in [2.75, 3.05) is 31.2 Å². The third kappa shape index (κ3) is 4.05. The van der Waals surface area contributed by atoms with Gasteiger partial charge in [-0.3, -0.25) is 4.79 Å². The first-order chi connectivity index (χ1) is 13.2. The minimum atomic E-state index is -0.432. The number of aromatic nitrogens is 2. The van der Waals surface area contributed by atoms with E-state index in [0.29, 0.717) is 30.5 Å². The molecule has 7 nitrogen and oxygen atoms in total. The second-order valence-corrected chi connectivity index (χ2v) is 7.04. The number of hydrogen-bond donors (Lipinski definition) is 1. The summed E-state index contributed by atoms with van der Waals surface area (Å²) in [6, 6.07) is 9.14. The molecule has 1 amide bonds. The van der Waals surface area contributed by atoms with E-state index >= 15 is 0 Å². The number of ether oxygens (including phenoxy) is 2. The Hall–Kier alpha value is -2.22. The monoisotopic (exact) mass is 388 g/mol. The van der Waals surface area contributed by atoms with Crippen LogP contribution in [0.25, 0.3) is 0 Å². The summed E-state index contributed by atoms with van der Waals surface area (Å²) in [7, 11) is 0. The molecule has 1 aromatic heterocycles. The minimum absolute atomic E-state index is 0.255. The Morgan fingerprint density at radius 3 is 2.67 bits per heavy atom. The summed E-state index contributed by atoms with van der Waals surface area (Å²) in [5.41, 5.74) is 1.19. The van der Waals surface area contributed by atoms with E-state index in [1.807, 2.05) is 18.2 Å². The summed E-state index contributed by atoms with van der Waals surface area (Å²) in [5.74, 6) is 0.0499. The van der Waals surface area contributed by atoms with Crippen LogP contribution in [0, 0.1) is 0 Å². The van der Waals surface area contributed by atoms with E-state index < -0.39 is 5.79 Å². The zero-order chi connectivity index (χ0) is 18.7. The van der Waals surface area contributed by atoms with Gasteiger partial charge in [0.05, 0.1) is 13.2 Å². The van der Waals surface area contributed by atoms with Crippen LogP contribution in [0.1, 0.15) is 28.9 Å². The molecule has 0 aliphatic carbocycles. The molecule has 0 bridgehead atoms. The van der Waals surface area contributed by atoms with Gasteiger partial charge in [-0.15, -0.1) is 0 Å². The van der Waals surface area contributed by atoms with E-state index in [1.165, 1.54) is 6.33 Å². The van der Waals surface area contributed by atoms with E-state index in [-0.39, 0.29) is 5.91 Å². The van der Waals surface area contributed by atoms with Crippen molar-refractivity contribution in [2.24, 2.45) is 0 Å². The lowest BCUT2D eigenvalue weighted by Crippen LogP contribution is -2.45. The molecule has 0 saturated carbocycles. The van der Waals surface area contributed by atoms with Gasteiger partial charge in [0.1, 0.15) is 17.8 Å². The summed E-state index contributed by atoms with van der Waals surface area (Å²) in [5, 5.41) is 3.48. The fourth-order valence-electron chi connectivity index (χ4n) is 3.41. The highest BCUT2D eigenvalue weighted by Crippen LogP contribution is 2.32. The molecule has 8 heteroatoms. The largest absolute Gasteiger partial charge is 0.356 e. The van der Waals surface area contributed by atoms with Gasteiger partial charge >= 0.3 is 0 Å². The van der Waals surface area contributed by atoms with E-state index in [9.17, 15) is 4.79 Å². The van der Waals surface area contributed by atoms with Crippen LogP contribution in [0.3, 0.4) is 0 Å². The number of nitrogens with one attached hydrogen (secondary N) is 1. The molecule has 1 aromatic carbocycles. The lowest BCUT2D eigenvalue weighted by Gasteiger charge is -2.38. The van der Waals surface area contributed by atoms with Crippen LogP contribution in [-0.2, 0) is 16.0 Å². The fraction of sp³-hybridized carbons (Fsp3) is 0.421. The highest BCUT2D eigenvalue weighted by Gasteiger charge is 2.40. The zero-order valence-corrected chi connectivity index (χ0v) is 15.6. The third-order valence-electron chi connectivity index (χ3n) is 4.95. The van der Waals surface area contributed by atoms with Crippen LogP contribution in [0.2, 0.25) is 5.02 Å². The van der Waals surface area contributed by atoms with Gasteiger partial charge < -0.3 is 19.7 Å². The summed E-state index contributed by atoms with van der Waals surface area (Å²) in [6.07, 6.45) is 2.99. The van der Waals surface area contributed by atoms with Gasteiger partial charge in [0.2, 0.25) is 0 Å². The molecular formula is C19H21ClN4O3. The average Bonchev–Trinajstić information content (AvgIpc) is 3.16. The molecule has 0 radical (unpaired) electrons. The smallest absolute Gasteiger partial charge is 0.270 e. The maximum Gasteiger partial charge on any atom is 0.270 e. The number of hydrogen-bond acceptors (Lipinski definition) is 6. The first kappa shape index (κ1) is 18.2. The number of rotatable bonds is 4. The molecule has 2 saturated heterocycles. The van der Waals surface area contributed by atoms with Crippen molar-refractivity contribution in [1.82, 2.24) is 15.3 Å². The predicted molar refractivity (Wildman–Crippen MR) is 101 cm³/mol. The van der Waals surface area contributed by atoms with Crippen LogP contribution in [0.15, 0.2) is 36.7 Å². The lowest BCUT2D eigenvalue weighted by atomic mass is 10.0. The molecule has 1 spiro atoms. The van der Waals surface area contributed by atoms with Gasteiger partial charge in [-0.25, -0.2) is 9.97 Å². The first-order valence-corrected chi connectivity index (χ1v) is 9.40. The first-order valence-electron chi connectivity index (χ1n) is 9.02. The summed E-state index contributed by atoms with van der Waals surface area (Å²) in [6.45, 7) is 3.18. The number of carbonyl (C=O) groups excluding carboxylic acids is 1. The molecule has 4 rings (SSSR count). The van der Waals surface area contributed by atoms with Crippen LogP contribution in [0.5, 0.6) is 0 Å². The van der Waals surface area contributed by atoms with Crippen molar-refractivity contribution in [3.63, 3.8) is 0 Å². The number of anilines is 1. The van der Waals surface area contributed by atoms with Crippen LogP contribution < -0.4 is 10.2 Å². The Kier molecular flexibility index (Phi) is 5.24. The third-order valence-corrected chi connectivity index (χ3v) is 5.31. The maximum atomic E-state index is 12.5. The standard InChI is InChI=1S/C19H21ClN4O3/c20-15-4-2-1-3-14(15)12-21-18(25)16-11-17(23-13-22-16)24-7-5-19(6-8-24)26-9-10-27-19/h1-4,11,13H,5-10,12H2,(H,21,25). The second kappa shape index (κ2) is 7.80. The summed E-state index contributed by atoms with van der Waals surface area (Å²) < 4.78 is 11.5. The average molecular weight is 389 g/mol. The molecule has 2 aromatic rings. The van der Waals surface area contributed by atoms with Gasteiger partial charge in [0.15, 0.2) is 5.79 Å². The number of carbonyl (C=O) groups is 1. The number of amides is 1. The lowest BCUT2D eigenvalue weighted by molar-refractivity contribution is -0.169. The fourth-order valence-corrected chi connectivity index (χ4v) is 3.62. The van der Waals surface area contributed by atoms with Crippen molar-refractivity contribution in [1.29, 1.82) is 0 Å². The normalized spacial score (nSPS) is 18.6. The Morgan fingerprint density at radius 1 is 1.19 bits per heavy atom. The van der Waals surface area contributed by atoms with Gasteiger partial charge in [-0.05, 0) is 11.6 Å². The van der Waals surface area contributed by atoms with E-state index in [2.05, 4.69) is 20.2 Å². The highest BCUT2D eigenvalue weighted by atomic mass is 35.5. The molecule has 27 heavy (non-hydrogen) atoms. The van der Waals surface area contributed by atoms with Crippen molar-refractivity contribution >= 4 is 23.3 Å². The van der Waals surface area contributed by atoms with Crippen LogP contribution >= 0.6 is 11.6 Å². The molecule has 0 atom stereocenters. The minimum Gasteiger partial charge on any atom is -0.356 e. The quantitative estimate of drug-likeness (QED) is 0.866. The van der Waals surface area contributed by atoms with E-state index in [1.54, 1.807) is 12.1 Å². The molecule has 0 unspecified atom stereocenters. The molecular weight excluding hydrogens is 368 g/mol. The molecule has 2 aliphatic rings. The SMILES string of the molecule is O=C(NCc1ccccc1Cl)c1cc(N2CCC3(CC2)OCCO3)ncn1. The Balaban J connectivity index is 1.39. The van der Waals surface area contributed by atoms with Crippen molar-refractivity contribution in [2.45, 2.75) is 25.2 Å². The summed E-state index contributed by atoms with van der Waals surface area (Å²) >= 11 is 6.13. The molecule has 2 fully saturated rings. The van der Waals surface area contributed by atoms with Gasteiger partial charge in [-0.1, -0.05) is 29.8 Å². The van der Waals surface area contributed by atoms with Gasteiger partial charge in [0.25, 0.3) is 5.91 Å². The van der Waals surface area contributed by atoms with Crippen molar-refractivity contribution < 1.29 is 14.3 Å². The Labute approximate surface area is 162 Å². The Morgan fingerprint density at radius 2 is 1.93 bits per heavy atom. The maximum absolute atomic E-state index is 12.5. The summed E-state index contributed by atoms with van der Waals surface area (Å²) in [4.78, 5) is 23.0. The highest BCUT2D eigenvalue weighted by molar-refractivity contribution is 6.31. The van der Waals surface area contributed by atoms with Crippen molar-refractivity contribution in [3.8, 4) is 0 Å². The molecule has 1 N–H and O–H groups in total. The number of nitrogens with zero attached hydrogens (tertiary/aromatic N) is 3. The molecule has 3 heterocycles. The van der Waals surface area contributed by atoms with Crippen molar-refractivity contribution in [3.05, 3.63) is 52.9 Å². The van der Waals surface area contributed by atoms with Crippen LogP contribution in [-0.4, -0.2) is 48.0 Å².